The third-order valence-corrected chi connectivity index (χ3v) is 4.03. The molecule has 0 unspecified atom stereocenters. The summed E-state index contributed by atoms with van der Waals surface area (Å²) < 4.78 is 6.08. The van der Waals surface area contributed by atoms with Crippen molar-refractivity contribution in [1.82, 2.24) is 9.97 Å². The predicted molar refractivity (Wildman–Crippen MR) is 69.9 cm³/mol. The first-order valence-electron chi connectivity index (χ1n) is 5.54. The molecule has 88 valence electrons. The summed E-state index contributed by atoms with van der Waals surface area (Å²) in [5.74, 6) is 0.957. The fourth-order valence-corrected chi connectivity index (χ4v) is 2.97. The molecule has 2 aromatic rings. The second kappa shape index (κ2) is 4.68. The zero-order valence-corrected chi connectivity index (χ0v) is 10.9. The first-order chi connectivity index (χ1) is 8.33. The molecule has 0 radical (unpaired) electrons. The van der Waals surface area contributed by atoms with E-state index < -0.39 is 0 Å². The molecule has 17 heavy (non-hydrogen) atoms. The SMILES string of the molecule is S=c1nc(Cc2cccs2)[nH]c2c1COCC2. The van der Waals surface area contributed by atoms with Gasteiger partial charge < -0.3 is 9.72 Å². The van der Waals surface area contributed by atoms with Gasteiger partial charge in [-0.15, -0.1) is 11.3 Å². The van der Waals surface area contributed by atoms with Crippen LogP contribution in [0.15, 0.2) is 17.5 Å². The third-order valence-electron chi connectivity index (χ3n) is 2.82. The number of H-pyrrole nitrogens is 1. The lowest BCUT2D eigenvalue weighted by atomic mass is 10.1. The molecule has 1 aliphatic rings. The van der Waals surface area contributed by atoms with Crippen LogP contribution in [0.25, 0.3) is 0 Å². The largest absolute Gasteiger partial charge is 0.376 e. The van der Waals surface area contributed by atoms with Crippen LogP contribution in [0.4, 0.5) is 0 Å². The Hall–Kier alpha value is -1.04. The summed E-state index contributed by atoms with van der Waals surface area (Å²) in [6.45, 7) is 1.36. The van der Waals surface area contributed by atoms with E-state index in [0.717, 1.165) is 30.8 Å². The molecule has 0 spiro atoms. The summed E-state index contributed by atoms with van der Waals surface area (Å²) in [6, 6.07) is 4.17. The minimum atomic E-state index is 0.594. The zero-order valence-electron chi connectivity index (χ0n) is 9.23. The van der Waals surface area contributed by atoms with Crippen LogP contribution in [0, 0.1) is 4.64 Å². The molecule has 0 aromatic carbocycles. The second-order valence-corrected chi connectivity index (χ2v) is 5.42. The van der Waals surface area contributed by atoms with Crippen LogP contribution >= 0.6 is 23.6 Å². The summed E-state index contributed by atoms with van der Waals surface area (Å²) in [5.41, 5.74) is 2.25. The van der Waals surface area contributed by atoms with E-state index in [2.05, 4.69) is 27.5 Å². The van der Waals surface area contributed by atoms with Gasteiger partial charge >= 0.3 is 0 Å². The lowest BCUT2D eigenvalue weighted by Crippen LogP contribution is -2.15. The van der Waals surface area contributed by atoms with Crippen molar-refractivity contribution in [3.63, 3.8) is 0 Å². The molecule has 0 amide bonds. The molecule has 3 heterocycles. The fourth-order valence-electron chi connectivity index (χ4n) is 1.97. The average Bonchev–Trinajstić information content (AvgIpc) is 2.82. The normalized spacial score (nSPS) is 14.6. The van der Waals surface area contributed by atoms with E-state index in [-0.39, 0.29) is 0 Å². The van der Waals surface area contributed by atoms with Gasteiger partial charge in [0.05, 0.1) is 13.2 Å². The Kier molecular flexibility index (Phi) is 3.05. The van der Waals surface area contributed by atoms with E-state index in [1.54, 1.807) is 11.3 Å². The standard InChI is InChI=1S/C12H12N2OS2/c16-12-9-7-15-4-3-10(9)13-11(14-12)6-8-2-1-5-17-8/h1-2,5H,3-4,6-7H2,(H,13,14,16). The van der Waals surface area contributed by atoms with E-state index in [1.165, 1.54) is 10.6 Å². The molecule has 0 aliphatic carbocycles. The Morgan fingerprint density at radius 3 is 3.29 bits per heavy atom. The number of nitrogens with one attached hydrogen (secondary N) is 1. The smallest absolute Gasteiger partial charge is 0.135 e. The van der Waals surface area contributed by atoms with Crippen LogP contribution in [0.5, 0.6) is 0 Å². The number of ether oxygens (including phenoxy) is 1. The summed E-state index contributed by atoms with van der Waals surface area (Å²) in [6.07, 6.45) is 1.73. The third kappa shape index (κ3) is 2.31. The van der Waals surface area contributed by atoms with Crippen molar-refractivity contribution in [2.24, 2.45) is 0 Å². The number of fused-ring (bicyclic) bond motifs is 1. The molecule has 0 saturated heterocycles. The van der Waals surface area contributed by atoms with Crippen LogP contribution in [0.1, 0.15) is 22.0 Å². The van der Waals surface area contributed by atoms with Gasteiger partial charge in [0.2, 0.25) is 0 Å². The minimum absolute atomic E-state index is 0.594. The van der Waals surface area contributed by atoms with E-state index in [4.69, 9.17) is 17.0 Å². The van der Waals surface area contributed by atoms with Crippen molar-refractivity contribution in [2.75, 3.05) is 6.61 Å². The van der Waals surface area contributed by atoms with Gasteiger partial charge in [-0.1, -0.05) is 18.3 Å². The van der Waals surface area contributed by atoms with Crippen LogP contribution in [0.3, 0.4) is 0 Å². The van der Waals surface area contributed by atoms with Gasteiger partial charge in [-0.2, -0.15) is 0 Å². The van der Waals surface area contributed by atoms with Crippen molar-refractivity contribution in [2.45, 2.75) is 19.4 Å². The number of aromatic amines is 1. The molecule has 0 saturated carbocycles. The molecule has 0 atom stereocenters. The lowest BCUT2D eigenvalue weighted by Gasteiger charge is -2.16. The molecule has 2 aromatic heterocycles. The van der Waals surface area contributed by atoms with E-state index in [1.807, 2.05) is 0 Å². The maximum atomic E-state index is 5.40. The van der Waals surface area contributed by atoms with Gasteiger partial charge in [0.25, 0.3) is 0 Å². The minimum Gasteiger partial charge on any atom is -0.376 e. The van der Waals surface area contributed by atoms with Gasteiger partial charge in [0.1, 0.15) is 10.5 Å². The van der Waals surface area contributed by atoms with Gasteiger partial charge in [0, 0.05) is 29.0 Å². The molecular formula is C12H12N2OS2. The zero-order chi connectivity index (χ0) is 11.7. The summed E-state index contributed by atoms with van der Waals surface area (Å²) >= 11 is 7.06. The van der Waals surface area contributed by atoms with Gasteiger partial charge in [-0.3, -0.25) is 0 Å². The van der Waals surface area contributed by atoms with Crippen molar-refractivity contribution in [3.05, 3.63) is 44.1 Å². The van der Waals surface area contributed by atoms with Crippen LogP contribution in [-0.2, 0) is 24.2 Å². The maximum absolute atomic E-state index is 5.40. The molecule has 0 fully saturated rings. The second-order valence-electron chi connectivity index (χ2n) is 4.00. The molecular weight excluding hydrogens is 252 g/mol. The summed E-state index contributed by atoms with van der Waals surface area (Å²) in [5, 5.41) is 2.08. The Morgan fingerprint density at radius 1 is 1.53 bits per heavy atom. The van der Waals surface area contributed by atoms with Gasteiger partial charge in [-0.05, 0) is 11.4 Å². The van der Waals surface area contributed by atoms with Gasteiger partial charge in [-0.25, -0.2) is 4.98 Å². The highest BCUT2D eigenvalue weighted by molar-refractivity contribution is 7.71. The monoisotopic (exact) mass is 264 g/mol. The highest BCUT2D eigenvalue weighted by Gasteiger charge is 2.13. The average molecular weight is 264 g/mol. The molecule has 1 aliphatic heterocycles. The number of hydrogen-bond donors (Lipinski definition) is 1. The number of thiophene rings is 1. The lowest BCUT2D eigenvalue weighted by molar-refractivity contribution is 0.108. The molecule has 3 nitrogen and oxygen atoms in total. The molecule has 1 N–H and O–H groups in total. The van der Waals surface area contributed by atoms with Crippen LogP contribution in [0.2, 0.25) is 0 Å². The Bertz CT molecular complexity index is 575. The molecule has 0 bridgehead atoms. The van der Waals surface area contributed by atoms with E-state index >= 15 is 0 Å². The van der Waals surface area contributed by atoms with Crippen molar-refractivity contribution in [3.8, 4) is 0 Å². The number of aromatic nitrogens is 2. The first-order valence-corrected chi connectivity index (χ1v) is 6.83. The summed E-state index contributed by atoms with van der Waals surface area (Å²) in [7, 11) is 0. The fraction of sp³-hybridized carbons (Fsp3) is 0.333. The Labute approximate surface area is 108 Å². The Balaban J connectivity index is 1.96. The summed E-state index contributed by atoms with van der Waals surface area (Å²) in [4.78, 5) is 9.14. The van der Waals surface area contributed by atoms with Crippen LogP contribution < -0.4 is 0 Å². The van der Waals surface area contributed by atoms with E-state index in [9.17, 15) is 0 Å². The molecule has 5 heteroatoms. The molecule has 3 rings (SSSR count). The van der Waals surface area contributed by atoms with Gasteiger partial charge in [0.15, 0.2) is 0 Å². The highest BCUT2D eigenvalue weighted by Crippen LogP contribution is 2.18. The quantitative estimate of drug-likeness (QED) is 0.848. The first kappa shape index (κ1) is 11.1. The van der Waals surface area contributed by atoms with Crippen molar-refractivity contribution in [1.29, 1.82) is 0 Å². The number of rotatable bonds is 2. The van der Waals surface area contributed by atoms with Crippen molar-refractivity contribution < 1.29 is 4.74 Å². The number of nitrogens with zero attached hydrogens (tertiary/aromatic N) is 1. The highest BCUT2D eigenvalue weighted by atomic mass is 32.1. The predicted octanol–water partition coefficient (Wildman–Crippen LogP) is 2.86. The van der Waals surface area contributed by atoms with E-state index in [0.29, 0.717) is 11.2 Å². The number of hydrogen-bond acceptors (Lipinski definition) is 4. The topological polar surface area (TPSA) is 37.9 Å². The van der Waals surface area contributed by atoms with Crippen molar-refractivity contribution >= 4 is 23.6 Å². The Morgan fingerprint density at radius 2 is 2.47 bits per heavy atom. The van der Waals surface area contributed by atoms with Crippen LogP contribution in [-0.4, -0.2) is 16.6 Å². The maximum Gasteiger partial charge on any atom is 0.135 e.